The lowest BCUT2D eigenvalue weighted by Crippen LogP contribution is -2.24. The van der Waals surface area contributed by atoms with Gasteiger partial charge < -0.3 is 39.0 Å². The van der Waals surface area contributed by atoms with Crippen LogP contribution in [-0.2, 0) is 51.2 Å². The van der Waals surface area contributed by atoms with E-state index >= 15 is 0 Å². The maximum atomic E-state index is 12.2. The molecule has 0 aliphatic carbocycles. The Morgan fingerprint density at radius 2 is 0.907 bits per heavy atom. The first-order valence-electron chi connectivity index (χ1n) is 16.3. The number of nitrogens with zero attached hydrogens (tertiary/aromatic N) is 4. The molecule has 3 aromatic rings. The molecule has 0 fully saturated rings. The van der Waals surface area contributed by atoms with E-state index in [0.717, 1.165) is 23.3 Å². The molecule has 278 valence electrons. The summed E-state index contributed by atoms with van der Waals surface area (Å²) in [6, 6.07) is 25.0. The highest BCUT2D eigenvalue weighted by Gasteiger charge is 2.14. The van der Waals surface area contributed by atoms with E-state index < -0.39 is 23.9 Å². The van der Waals surface area contributed by atoms with E-state index in [0.29, 0.717) is 35.6 Å². The highest BCUT2D eigenvalue weighted by Crippen LogP contribution is 2.22. The van der Waals surface area contributed by atoms with E-state index in [-0.39, 0.29) is 51.0 Å². The Labute approximate surface area is 312 Å². The van der Waals surface area contributed by atoms with Crippen LogP contribution >= 0.6 is 0 Å². The number of ether oxygens (including phenoxy) is 4. The van der Waals surface area contributed by atoms with Crippen LogP contribution in [0.5, 0.6) is 0 Å². The molecule has 0 amide bonds. The van der Waals surface area contributed by atoms with E-state index in [1.165, 1.54) is 12.2 Å². The predicted molar refractivity (Wildman–Crippen MR) is 197 cm³/mol. The SMILES string of the molecule is C=CC(=O)OCCOC(=O)/C(C#N)=C/c1ccc(N(CO)Cc2ccc(CN(CO)c3ccc(/C=C(\C#N)C(=O)OCCOC(=O)C=C)cc3)cc2)cc1. The Kier molecular flexibility index (Phi) is 16.9. The van der Waals surface area contributed by atoms with Gasteiger partial charge in [-0.15, -0.1) is 0 Å². The predicted octanol–water partition coefficient (Wildman–Crippen LogP) is 3.96. The van der Waals surface area contributed by atoms with Gasteiger partial charge in [0.15, 0.2) is 0 Å². The standard InChI is InChI=1S/C40H38N4O10/c1-3-37(47)51-17-19-53-39(49)33(23-41)21-29-9-13-35(14-10-29)43(27-45)25-31-5-7-32(8-6-31)26-44(28-46)36-15-11-30(12-16-36)22-34(24-42)40(50)54-20-18-52-38(48)4-2/h3-16,21-22,45-46H,1-2,17-20,25-28H2/b33-21+,34-22+. The number of rotatable bonds is 20. The minimum Gasteiger partial charge on any atom is -0.459 e. The summed E-state index contributed by atoms with van der Waals surface area (Å²) >= 11 is 0. The minimum atomic E-state index is -0.861. The average Bonchev–Trinajstić information content (AvgIpc) is 3.20. The summed E-state index contributed by atoms with van der Waals surface area (Å²) in [5, 5.41) is 39.0. The maximum absolute atomic E-state index is 12.2. The summed E-state index contributed by atoms with van der Waals surface area (Å²) in [6.07, 6.45) is 4.70. The summed E-state index contributed by atoms with van der Waals surface area (Å²) in [5.74, 6) is -3.03. The molecule has 0 unspecified atom stereocenters. The van der Waals surface area contributed by atoms with E-state index in [1.807, 2.05) is 24.3 Å². The molecule has 14 heteroatoms. The molecule has 3 aromatic carbocycles. The van der Waals surface area contributed by atoms with Gasteiger partial charge in [-0.25, -0.2) is 19.2 Å². The molecule has 0 radical (unpaired) electrons. The molecule has 0 atom stereocenters. The molecule has 14 nitrogen and oxygen atoms in total. The highest BCUT2D eigenvalue weighted by molar-refractivity contribution is 5.98. The summed E-state index contributed by atoms with van der Waals surface area (Å²) in [4.78, 5) is 50.1. The summed E-state index contributed by atoms with van der Waals surface area (Å²) in [6.45, 7) is 5.94. The van der Waals surface area contributed by atoms with Crippen molar-refractivity contribution in [1.29, 1.82) is 10.5 Å². The van der Waals surface area contributed by atoms with Crippen LogP contribution in [0, 0.1) is 22.7 Å². The lowest BCUT2D eigenvalue weighted by molar-refractivity contribution is -0.146. The zero-order valence-corrected chi connectivity index (χ0v) is 29.3. The smallest absolute Gasteiger partial charge is 0.349 e. The van der Waals surface area contributed by atoms with Crippen LogP contribution in [0.3, 0.4) is 0 Å². The quantitative estimate of drug-likeness (QED) is 0.0422. The normalized spacial score (nSPS) is 10.9. The number of carbonyl (C=O) groups is 4. The first-order valence-corrected chi connectivity index (χ1v) is 16.3. The fourth-order valence-electron chi connectivity index (χ4n) is 4.63. The number of anilines is 2. The lowest BCUT2D eigenvalue weighted by Gasteiger charge is -2.24. The van der Waals surface area contributed by atoms with Crippen molar-refractivity contribution in [2.45, 2.75) is 13.1 Å². The number of hydrogen-bond donors (Lipinski definition) is 2. The second-order valence-electron chi connectivity index (χ2n) is 11.0. The molecule has 0 spiro atoms. The third kappa shape index (κ3) is 13.3. The molecule has 0 aliphatic rings. The Balaban J connectivity index is 1.57. The zero-order valence-electron chi connectivity index (χ0n) is 29.3. The van der Waals surface area contributed by atoms with Crippen molar-refractivity contribution in [2.75, 3.05) is 49.7 Å². The molecule has 2 N–H and O–H groups in total. The van der Waals surface area contributed by atoms with Crippen LogP contribution in [0.2, 0.25) is 0 Å². The van der Waals surface area contributed by atoms with Gasteiger partial charge in [0.25, 0.3) is 0 Å². The van der Waals surface area contributed by atoms with Crippen LogP contribution in [0.15, 0.2) is 109 Å². The van der Waals surface area contributed by atoms with Crippen molar-refractivity contribution in [2.24, 2.45) is 0 Å². The number of esters is 4. The van der Waals surface area contributed by atoms with Gasteiger partial charge in [0.2, 0.25) is 0 Å². The molecule has 0 aliphatic heterocycles. The fourth-order valence-corrected chi connectivity index (χ4v) is 4.63. The van der Waals surface area contributed by atoms with Crippen molar-refractivity contribution < 1.29 is 48.3 Å². The lowest BCUT2D eigenvalue weighted by atomic mass is 10.1. The molecule has 0 aromatic heterocycles. The number of nitriles is 2. The monoisotopic (exact) mass is 734 g/mol. The van der Waals surface area contributed by atoms with Gasteiger partial charge in [-0.1, -0.05) is 61.7 Å². The number of hydrogen-bond acceptors (Lipinski definition) is 14. The van der Waals surface area contributed by atoms with Crippen LogP contribution in [0.1, 0.15) is 22.3 Å². The number of benzene rings is 3. The van der Waals surface area contributed by atoms with Crippen LogP contribution < -0.4 is 9.80 Å². The maximum Gasteiger partial charge on any atom is 0.349 e. The highest BCUT2D eigenvalue weighted by atomic mass is 16.6. The zero-order chi connectivity index (χ0) is 39.3. The fraction of sp³-hybridized carbons (Fsp3) is 0.200. The van der Waals surface area contributed by atoms with Gasteiger partial charge in [0.05, 0.1) is 0 Å². The van der Waals surface area contributed by atoms with Crippen molar-refractivity contribution in [1.82, 2.24) is 0 Å². The van der Waals surface area contributed by atoms with Gasteiger partial charge in [-0.2, -0.15) is 10.5 Å². The number of carbonyl (C=O) groups excluding carboxylic acids is 4. The number of aliphatic hydroxyl groups is 2. The molecular formula is C40H38N4O10. The molecule has 0 bridgehead atoms. The van der Waals surface area contributed by atoms with Gasteiger partial charge in [-0.05, 0) is 58.7 Å². The van der Waals surface area contributed by atoms with Gasteiger partial charge >= 0.3 is 23.9 Å². The van der Waals surface area contributed by atoms with Crippen molar-refractivity contribution in [3.63, 3.8) is 0 Å². The molecule has 3 rings (SSSR count). The van der Waals surface area contributed by atoms with Gasteiger partial charge in [-0.3, -0.25) is 0 Å². The van der Waals surface area contributed by atoms with E-state index in [1.54, 1.807) is 70.5 Å². The topological polar surface area (TPSA) is 200 Å². The van der Waals surface area contributed by atoms with Crippen LogP contribution in [0.4, 0.5) is 11.4 Å². The molecular weight excluding hydrogens is 696 g/mol. The summed E-state index contributed by atoms with van der Waals surface area (Å²) in [7, 11) is 0. The Morgan fingerprint density at radius 1 is 0.574 bits per heavy atom. The van der Waals surface area contributed by atoms with Gasteiger partial charge in [0.1, 0.15) is 63.2 Å². The van der Waals surface area contributed by atoms with Crippen molar-refractivity contribution >= 4 is 47.4 Å². The Bertz CT molecular complexity index is 1780. The Hall–Kier alpha value is -7.00. The Morgan fingerprint density at radius 3 is 1.20 bits per heavy atom. The van der Waals surface area contributed by atoms with Crippen LogP contribution in [-0.4, -0.2) is 74.0 Å². The third-order valence-electron chi connectivity index (χ3n) is 7.39. The molecule has 0 saturated heterocycles. The van der Waals surface area contributed by atoms with E-state index in [2.05, 4.69) is 13.2 Å². The minimum absolute atomic E-state index is 0.171. The molecule has 54 heavy (non-hydrogen) atoms. The van der Waals surface area contributed by atoms with Gasteiger partial charge in [0, 0.05) is 36.6 Å². The second kappa shape index (κ2) is 22.0. The largest absolute Gasteiger partial charge is 0.459 e. The first-order chi connectivity index (χ1) is 26.1. The summed E-state index contributed by atoms with van der Waals surface area (Å²) in [5.41, 5.74) is 3.83. The van der Waals surface area contributed by atoms with E-state index in [4.69, 9.17) is 18.9 Å². The van der Waals surface area contributed by atoms with Crippen molar-refractivity contribution in [3.8, 4) is 12.1 Å². The molecule has 0 heterocycles. The first kappa shape index (κ1) is 41.4. The van der Waals surface area contributed by atoms with Crippen molar-refractivity contribution in [3.05, 3.63) is 132 Å². The molecule has 0 saturated carbocycles. The second-order valence-corrected chi connectivity index (χ2v) is 11.0. The van der Waals surface area contributed by atoms with Crippen LogP contribution in [0.25, 0.3) is 12.2 Å². The summed E-state index contributed by atoms with van der Waals surface area (Å²) < 4.78 is 19.4. The average molecular weight is 735 g/mol. The third-order valence-corrected chi connectivity index (χ3v) is 7.39. The van der Waals surface area contributed by atoms with E-state index in [9.17, 15) is 39.9 Å². The number of aliphatic hydroxyl groups excluding tert-OH is 2.